The number of carbonyl (C=O) groups excluding carboxylic acids is 1. The highest BCUT2D eigenvalue weighted by Gasteiger charge is 2.34. The van der Waals surface area contributed by atoms with Gasteiger partial charge < -0.3 is 16.2 Å². The van der Waals surface area contributed by atoms with Crippen molar-refractivity contribution in [2.75, 3.05) is 13.1 Å². The number of amides is 1. The number of hydrogen-bond donors (Lipinski definition) is 3. The van der Waals surface area contributed by atoms with Crippen LogP contribution in [0.1, 0.15) is 64.7 Å². The molecule has 1 amide bonds. The number of carbonyl (C=O) groups is 1. The quantitative estimate of drug-likeness (QED) is 0.728. The summed E-state index contributed by atoms with van der Waals surface area (Å²) in [6.45, 7) is 3.39. The minimum Gasteiger partial charge on any atom is -0.388 e. The molecule has 4 N–H and O–H groups in total. The van der Waals surface area contributed by atoms with Crippen molar-refractivity contribution in [3.8, 4) is 0 Å². The lowest BCUT2D eigenvalue weighted by Gasteiger charge is -2.36. The van der Waals surface area contributed by atoms with Crippen molar-refractivity contribution in [1.29, 1.82) is 0 Å². The summed E-state index contributed by atoms with van der Waals surface area (Å²) < 4.78 is 0. The third kappa shape index (κ3) is 4.68. The van der Waals surface area contributed by atoms with Gasteiger partial charge in [-0.3, -0.25) is 4.79 Å². The third-order valence-corrected chi connectivity index (χ3v) is 5.76. The molecule has 2 saturated carbocycles. The predicted octanol–water partition coefficient (Wildman–Crippen LogP) is 2.20. The first-order chi connectivity index (χ1) is 10.1. The summed E-state index contributed by atoms with van der Waals surface area (Å²) in [7, 11) is 0. The monoisotopic (exact) mass is 296 g/mol. The van der Waals surface area contributed by atoms with E-state index in [9.17, 15) is 9.90 Å². The SMILES string of the molecule is CCC1CCC(O)(CNC(=O)C2CCC(CN)CC2)CC1. The first kappa shape index (κ1) is 16.8. The summed E-state index contributed by atoms with van der Waals surface area (Å²) in [4.78, 5) is 12.2. The Bertz CT molecular complexity index is 330. The Balaban J connectivity index is 1.71. The van der Waals surface area contributed by atoms with Crippen molar-refractivity contribution in [3.05, 3.63) is 0 Å². The fraction of sp³-hybridized carbons (Fsp3) is 0.941. The number of aliphatic hydroxyl groups is 1. The van der Waals surface area contributed by atoms with Gasteiger partial charge in [0.25, 0.3) is 0 Å². The largest absolute Gasteiger partial charge is 0.388 e. The Labute approximate surface area is 128 Å². The molecule has 21 heavy (non-hydrogen) atoms. The van der Waals surface area contributed by atoms with Crippen LogP contribution >= 0.6 is 0 Å². The van der Waals surface area contributed by atoms with Crippen molar-refractivity contribution in [1.82, 2.24) is 5.32 Å². The number of hydrogen-bond acceptors (Lipinski definition) is 3. The van der Waals surface area contributed by atoms with E-state index >= 15 is 0 Å². The Morgan fingerprint density at radius 3 is 2.29 bits per heavy atom. The van der Waals surface area contributed by atoms with Gasteiger partial charge in [-0.05, 0) is 69.7 Å². The highest BCUT2D eigenvalue weighted by Crippen LogP contribution is 2.33. The van der Waals surface area contributed by atoms with E-state index in [0.29, 0.717) is 12.5 Å². The van der Waals surface area contributed by atoms with E-state index in [1.54, 1.807) is 0 Å². The van der Waals surface area contributed by atoms with Crippen LogP contribution in [0.5, 0.6) is 0 Å². The molecule has 0 aromatic carbocycles. The van der Waals surface area contributed by atoms with Gasteiger partial charge >= 0.3 is 0 Å². The van der Waals surface area contributed by atoms with Crippen LogP contribution in [0.4, 0.5) is 0 Å². The summed E-state index contributed by atoms with van der Waals surface area (Å²) in [6.07, 6.45) is 9.06. The van der Waals surface area contributed by atoms with E-state index in [-0.39, 0.29) is 11.8 Å². The van der Waals surface area contributed by atoms with Gasteiger partial charge in [0.15, 0.2) is 0 Å². The van der Waals surface area contributed by atoms with Gasteiger partial charge in [-0.15, -0.1) is 0 Å². The van der Waals surface area contributed by atoms with Crippen LogP contribution in [-0.2, 0) is 4.79 Å². The van der Waals surface area contributed by atoms with Crippen LogP contribution in [0.25, 0.3) is 0 Å². The molecule has 0 bridgehead atoms. The van der Waals surface area contributed by atoms with E-state index in [4.69, 9.17) is 5.73 Å². The minimum atomic E-state index is -0.671. The number of nitrogens with two attached hydrogens (primary N) is 1. The molecule has 0 aromatic heterocycles. The average molecular weight is 296 g/mol. The zero-order chi connectivity index (χ0) is 15.3. The molecule has 0 aromatic rings. The molecule has 4 nitrogen and oxygen atoms in total. The summed E-state index contributed by atoms with van der Waals surface area (Å²) in [5, 5.41) is 13.6. The molecule has 4 heteroatoms. The molecule has 0 spiro atoms. The van der Waals surface area contributed by atoms with Crippen molar-refractivity contribution < 1.29 is 9.90 Å². The fourth-order valence-corrected chi connectivity index (χ4v) is 3.86. The molecule has 0 radical (unpaired) electrons. The molecular weight excluding hydrogens is 264 g/mol. The average Bonchev–Trinajstić information content (AvgIpc) is 2.53. The summed E-state index contributed by atoms with van der Waals surface area (Å²) in [5.74, 6) is 1.62. The van der Waals surface area contributed by atoms with Gasteiger partial charge in [-0.2, -0.15) is 0 Å². The first-order valence-electron chi connectivity index (χ1n) is 8.76. The van der Waals surface area contributed by atoms with Gasteiger partial charge in [0.05, 0.1) is 5.60 Å². The molecule has 2 fully saturated rings. The molecule has 0 heterocycles. The van der Waals surface area contributed by atoms with E-state index in [0.717, 1.165) is 63.8 Å². The molecule has 2 aliphatic carbocycles. The standard InChI is InChI=1S/C17H32N2O2/c1-2-13-7-9-17(21,10-8-13)12-19-16(20)15-5-3-14(11-18)4-6-15/h13-15,21H,2-12,18H2,1H3,(H,19,20). The van der Waals surface area contributed by atoms with Crippen molar-refractivity contribution in [2.24, 2.45) is 23.5 Å². The van der Waals surface area contributed by atoms with E-state index in [1.807, 2.05) is 0 Å². The third-order valence-electron chi connectivity index (χ3n) is 5.76. The lowest BCUT2D eigenvalue weighted by Crippen LogP contribution is -2.47. The minimum absolute atomic E-state index is 0.128. The maximum atomic E-state index is 12.2. The maximum Gasteiger partial charge on any atom is 0.223 e. The van der Waals surface area contributed by atoms with E-state index < -0.39 is 5.60 Å². The second-order valence-electron chi connectivity index (χ2n) is 7.25. The maximum absolute atomic E-state index is 12.2. The summed E-state index contributed by atoms with van der Waals surface area (Å²) in [6, 6.07) is 0. The van der Waals surface area contributed by atoms with Gasteiger partial charge in [-0.25, -0.2) is 0 Å². The fourth-order valence-electron chi connectivity index (χ4n) is 3.86. The second-order valence-corrected chi connectivity index (χ2v) is 7.25. The van der Waals surface area contributed by atoms with Gasteiger partial charge in [0, 0.05) is 12.5 Å². The van der Waals surface area contributed by atoms with Crippen LogP contribution < -0.4 is 11.1 Å². The van der Waals surface area contributed by atoms with Crippen LogP contribution in [-0.4, -0.2) is 29.7 Å². The molecule has 2 rings (SSSR count). The first-order valence-corrected chi connectivity index (χ1v) is 8.76. The van der Waals surface area contributed by atoms with Crippen LogP contribution in [0, 0.1) is 17.8 Å². The number of nitrogens with one attached hydrogen (secondary N) is 1. The highest BCUT2D eigenvalue weighted by molar-refractivity contribution is 5.78. The normalized spacial score (nSPS) is 37.2. The van der Waals surface area contributed by atoms with E-state index in [2.05, 4.69) is 12.2 Å². The topological polar surface area (TPSA) is 75.3 Å². The summed E-state index contributed by atoms with van der Waals surface area (Å²) >= 11 is 0. The van der Waals surface area contributed by atoms with Gasteiger partial charge in [-0.1, -0.05) is 13.3 Å². The zero-order valence-corrected chi connectivity index (χ0v) is 13.4. The van der Waals surface area contributed by atoms with Gasteiger partial charge in [0.2, 0.25) is 5.91 Å². The Morgan fingerprint density at radius 1 is 1.14 bits per heavy atom. The molecule has 0 aliphatic heterocycles. The molecule has 2 aliphatic rings. The van der Waals surface area contributed by atoms with Crippen LogP contribution in [0.15, 0.2) is 0 Å². The molecular formula is C17H32N2O2. The lowest BCUT2D eigenvalue weighted by atomic mass is 9.77. The second kappa shape index (κ2) is 7.59. The molecule has 122 valence electrons. The predicted molar refractivity (Wildman–Crippen MR) is 84.7 cm³/mol. The Hall–Kier alpha value is -0.610. The van der Waals surface area contributed by atoms with Crippen LogP contribution in [0.3, 0.4) is 0 Å². The lowest BCUT2D eigenvalue weighted by molar-refractivity contribution is -0.128. The van der Waals surface area contributed by atoms with E-state index in [1.165, 1.54) is 6.42 Å². The highest BCUT2D eigenvalue weighted by atomic mass is 16.3. The molecule has 0 unspecified atom stereocenters. The van der Waals surface area contributed by atoms with Crippen molar-refractivity contribution >= 4 is 5.91 Å². The van der Waals surface area contributed by atoms with Crippen molar-refractivity contribution in [3.63, 3.8) is 0 Å². The van der Waals surface area contributed by atoms with Gasteiger partial charge in [0.1, 0.15) is 0 Å². The van der Waals surface area contributed by atoms with Crippen LogP contribution in [0.2, 0.25) is 0 Å². The summed E-state index contributed by atoms with van der Waals surface area (Å²) in [5.41, 5.74) is 5.02. The smallest absolute Gasteiger partial charge is 0.223 e. The number of rotatable bonds is 5. The molecule has 0 saturated heterocycles. The van der Waals surface area contributed by atoms with Crippen molar-refractivity contribution in [2.45, 2.75) is 70.3 Å². The molecule has 0 atom stereocenters. The Morgan fingerprint density at radius 2 is 1.76 bits per heavy atom. The Kier molecular flexibility index (Phi) is 6.06. The zero-order valence-electron chi connectivity index (χ0n) is 13.4.